The molecule has 3 heterocycles. The lowest BCUT2D eigenvalue weighted by molar-refractivity contribution is 0.726. The van der Waals surface area contributed by atoms with Crippen molar-refractivity contribution < 1.29 is 0 Å². The van der Waals surface area contributed by atoms with Crippen LogP contribution >= 0.6 is 35.3 Å². The maximum absolute atomic E-state index is 4.70. The summed E-state index contributed by atoms with van der Waals surface area (Å²) in [5, 5.41) is 9.94. The maximum Gasteiger partial charge on any atom is 0.191 e. The van der Waals surface area contributed by atoms with E-state index in [1.165, 1.54) is 25.7 Å². The number of rotatable bonds is 7. The number of nitrogens with zero attached hydrogens (tertiary/aromatic N) is 4. The Labute approximate surface area is 195 Å². The van der Waals surface area contributed by atoms with Gasteiger partial charge in [-0.25, -0.2) is 15.0 Å². The molecule has 0 aliphatic carbocycles. The molecule has 8 heteroatoms. The highest BCUT2D eigenvalue weighted by atomic mass is 127. The molecule has 0 amide bonds. The molecule has 0 atom stereocenters. The van der Waals surface area contributed by atoms with Crippen LogP contribution in [0.1, 0.15) is 48.9 Å². The lowest BCUT2D eigenvalue weighted by atomic mass is 10.2. The van der Waals surface area contributed by atoms with E-state index in [1.54, 1.807) is 11.3 Å². The van der Waals surface area contributed by atoms with E-state index >= 15 is 0 Å². The van der Waals surface area contributed by atoms with E-state index in [0.717, 1.165) is 60.6 Å². The highest BCUT2D eigenvalue weighted by molar-refractivity contribution is 14.0. The van der Waals surface area contributed by atoms with Gasteiger partial charge in [0.1, 0.15) is 5.82 Å². The van der Waals surface area contributed by atoms with Crippen LogP contribution < -0.4 is 15.5 Å². The lowest BCUT2D eigenvalue weighted by Gasteiger charge is -2.21. The summed E-state index contributed by atoms with van der Waals surface area (Å²) in [6.45, 7) is 8.65. The topological polar surface area (TPSA) is 65.4 Å². The summed E-state index contributed by atoms with van der Waals surface area (Å²) in [6.07, 6.45) is 8.08. The van der Waals surface area contributed by atoms with Crippen molar-refractivity contribution in [2.45, 2.75) is 52.5 Å². The van der Waals surface area contributed by atoms with Gasteiger partial charge in [0.25, 0.3) is 0 Å². The van der Waals surface area contributed by atoms with Crippen LogP contribution in [0, 0.1) is 6.92 Å². The summed E-state index contributed by atoms with van der Waals surface area (Å²) in [5.41, 5.74) is 2.27. The third-order valence-corrected chi connectivity index (χ3v) is 5.67. The number of aromatic nitrogens is 2. The Bertz CT molecular complexity index is 738. The highest BCUT2D eigenvalue weighted by Gasteiger charge is 2.10. The van der Waals surface area contributed by atoms with Crippen LogP contribution in [-0.4, -0.2) is 42.1 Å². The van der Waals surface area contributed by atoms with E-state index in [-0.39, 0.29) is 24.0 Å². The molecular formula is C21H33IN6S. The molecule has 1 aliphatic rings. The minimum absolute atomic E-state index is 0. The Kier molecular flexibility index (Phi) is 10.7. The third-order valence-electron chi connectivity index (χ3n) is 4.84. The molecule has 1 aliphatic heterocycles. The van der Waals surface area contributed by atoms with Crippen molar-refractivity contribution in [1.82, 2.24) is 20.6 Å². The fourth-order valence-corrected chi connectivity index (χ4v) is 3.99. The highest BCUT2D eigenvalue weighted by Crippen LogP contribution is 2.17. The zero-order valence-electron chi connectivity index (χ0n) is 17.5. The normalized spacial score (nSPS) is 14.8. The standard InChI is InChI=1S/C21H32N6S.HI/c1-3-22-21(23-11-10-19-16-28-17(2)26-19)25-15-18-8-9-20(24-14-18)27-12-6-4-5-7-13-27;/h8-9,14,16H,3-7,10-13,15H2,1-2H3,(H2,22,23,25);1H. The Balaban J connectivity index is 0.00000300. The monoisotopic (exact) mass is 528 g/mol. The van der Waals surface area contributed by atoms with Crippen molar-refractivity contribution >= 4 is 47.1 Å². The van der Waals surface area contributed by atoms with Crippen LogP contribution in [0.4, 0.5) is 5.82 Å². The van der Waals surface area contributed by atoms with Gasteiger partial charge in [0.15, 0.2) is 5.96 Å². The van der Waals surface area contributed by atoms with E-state index in [1.807, 2.05) is 13.1 Å². The molecule has 0 aromatic carbocycles. The van der Waals surface area contributed by atoms with Gasteiger partial charge in [-0.05, 0) is 38.3 Å². The van der Waals surface area contributed by atoms with E-state index in [2.05, 4.69) is 49.9 Å². The van der Waals surface area contributed by atoms with Gasteiger partial charge in [-0.1, -0.05) is 18.9 Å². The summed E-state index contributed by atoms with van der Waals surface area (Å²) in [7, 11) is 0. The van der Waals surface area contributed by atoms with Crippen LogP contribution in [0.2, 0.25) is 0 Å². The number of halogens is 1. The maximum atomic E-state index is 4.70. The first-order chi connectivity index (χ1) is 13.7. The zero-order valence-corrected chi connectivity index (χ0v) is 20.6. The fraction of sp³-hybridized carbons (Fsp3) is 0.571. The zero-order chi connectivity index (χ0) is 19.6. The lowest BCUT2D eigenvalue weighted by Crippen LogP contribution is -2.38. The van der Waals surface area contributed by atoms with E-state index < -0.39 is 0 Å². The summed E-state index contributed by atoms with van der Waals surface area (Å²) in [6, 6.07) is 4.29. The first-order valence-electron chi connectivity index (χ1n) is 10.4. The molecule has 0 unspecified atom stereocenters. The fourth-order valence-electron chi connectivity index (χ4n) is 3.34. The first kappa shape index (κ1) is 23.9. The molecule has 29 heavy (non-hydrogen) atoms. The van der Waals surface area contributed by atoms with Crippen LogP contribution in [0.25, 0.3) is 0 Å². The predicted molar refractivity (Wildman–Crippen MR) is 134 cm³/mol. The first-order valence-corrected chi connectivity index (χ1v) is 11.3. The number of nitrogens with one attached hydrogen (secondary N) is 2. The van der Waals surface area contributed by atoms with Crippen molar-refractivity contribution in [2.75, 3.05) is 31.1 Å². The number of pyridine rings is 1. The molecule has 0 saturated carbocycles. The van der Waals surface area contributed by atoms with Gasteiger partial charge in [-0.3, -0.25) is 0 Å². The SMILES string of the molecule is CCNC(=NCc1ccc(N2CCCCCC2)nc1)NCCc1csc(C)n1.I. The second-order valence-corrected chi connectivity index (χ2v) is 8.22. The molecule has 2 N–H and O–H groups in total. The van der Waals surface area contributed by atoms with Gasteiger partial charge in [0.05, 0.1) is 17.2 Å². The number of hydrogen-bond donors (Lipinski definition) is 2. The molecule has 6 nitrogen and oxygen atoms in total. The van der Waals surface area contributed by atoms with Crippen molar-refractivity contribution in [3.63, 3.8) is 0 Å². The summed E-state index contributed by atoms with van der Waals surface area (Å²) >= 11 is 1.70. The Morgan fingerprint density at radius 3 is 2.59 bits per heavy atom. The second kappa shape index (κ2) is 13.0. The molecule has 3 rings (SSSR count). The van der Waals surface area contributed by atoms with Crippen molar-refractivity contribution in [3.8, 4) is 0 Å². The van der Waals surface area contributed by atoms with Crippen molar-refractivity contribution in [3.05, 3.63) is 40.0 Å². The Morgan fingerprint density at radius 2 is 1.97 bits per heavy atom. The second-order valence-electron chi connectivity index (χ2n) is 7.16. The summed E-state index contributed by atoms with van der Waals surface area (Å²) in [4.78, 5) is 16.3. The van der Waals surface area contributed by atoms with Gasteiger partial charge < -0.3 is 15.5 Å². The van der Waals surface area contributed by atoms with Crippen LogP contribution in [0.15, 0.2) is 28.7 Å². The van der Waals surface area contributed by atoms with E-state index in [0.29, 0.717) is 6.54 Å². The predicted octanol–water partition coefficient (Wildman–Crippen LogP) is 4.14. The van der Waals surface area contributed by atoms with Crippen molar-refractivity contribution in [2.24, 2.45) is 4.99 Å². The third kappa shape index (κ3) is 8.08. The summed E-state index contributed by atoms with van der Waals surface area (Å²) in [5.74, 6) is 1.93. The minimum Gasteiger partial charge on any atom is -0.357 e. The molecule has 0 spiro atoms. The quantitative estimate of drug-likeness (QED) is 0.321. The average molecular weight is 529 g/mol. The molecule has 160 valence electrons. The molecule has 0 bridgehead atoms. The number of thiazole rings is 1. The molecule has 1 saturated heterocycles. The van der Waals surface area contributed by atoms with Gasteiger partial charge in [0.2, 0.25) is 0 Å². The number of anilines is 1. The van der Waals surface area contributed by atoms with E-state index in [9.17, 15) is 0 Å². The van der Waals surface area contributed by atoms with Gasteiger partial charge in [-0.15, -0.1) is 35.3 Å². The van der Waals surface area contributed by atoms with Crippen LogP contribution in [0.5, 0.6) is 0 Å². The van der Waals surface area contributed by atoms with Gasteiger partial charge in [-0.2, -0.15) is 0 Å². The van der Waals surface area contributed by atoms with Crippen LogP contribution in [0.3, 0.4) is 0 Å². The smallest absolute Gasteiger partial charge is 0.191 e. The minimum atomic E-state index is 0. The Hall–Kier alpha value is -1.42. The van der Waals surface area contributed by atoms with Gasteiger partial charge >= 0.3 is 0 Å². The van der Waals surface area contributed by atoms with Gasteiger partial charge in [0, 0.05) is 44.2 Å². The molecule has 2 aromatic rings. The van der Waals surface area contributed by atoms with Crippen LogP contribution in [-0.2, 0) is 13.0 Å². The number of guanidine groups is 1. The number of aryl methyl sites for hydroxylation is 1. The summed E-state index contributed by atoms with van der Waals surface area (Å²) < 4.78 is 0. The molecule has 2 aromatic heterocycles. The molecular weight excluding hydrogens is 495 g/mol. The molecule has 0 radical (unpaired) electrons. The van der Waals surface area contributed by atoms with Crippen molar-refractivity contribution in [1.29, 1.82) is 0 Å². The molecule has 1 fully saturated rings. The average Bonchev–Trinajstić information content (AvgIpc) is 2.95. The Morgan fingerprint density at radius 1 is 1.17 bits per heavy atom. The largest absolute Gasteiger partial charge is 0.357 e. The van der Waals surface area contributed by atoms with E-state index in [4.69, 9.17) is 4.99 Å². The number of hydrogen-bond acceptors (Lipinski definition) is 5. The number of aliphatic imine (C=N–C) groups is 1.